The molecule has 1 N–H and O–H groups in total. The van der Waals surface area contributed by atoms with Crippen molar-refractivity contribution in [3.05, 3.63) is 15.9 Å². The van der Waals surface area contributed by atoms with E-state index in [1.165, 1.54) is 6.42 Å². The monoisotopic (exact) mass is 362 g/mol. The van der Waals surface area contributed by atoms with Crippen LogP contribution >= 0.6 is 27.3 Å². The third kappa shape index (κ3) is 3.78. The Bertz CT molecular complexity index is 571. The van der Waals surface area contributed by atoms with Gasteiger partial charge in [0.25, 0.3) is 10.0 Å². The van der Waals surface area contributed by atoms with Crippen LogP contribution in [0.25, 0.3) is 0 Å². The lowest BCUT2D eigenvalue weighted by Gasteiger charge is -2.25. The smallest absolute Gasteiger partial charge is 0.206 e. The molecular weight excluding hydrogens is 348 g/mol. The van der Waals surface area contributed by atoms with Gasteiger partial charge in [-0.15, -0.1) is 11.3 Å². The summed E-state index contributed by atoms with van der Waals surface area (Å²) in [5, 5.41) is 9.21. The van der Waals surface area contributed by atoms with Gasteiger partial charge < -0.3 is 0 Å². The summed E-state index contributed by atoms with van der Waals surface area (Å²) < 4.78 is 27.9. The Morgan fingerprint density at radius 1 is 1.37 bits per heavy atom. The van der Waals surface area contributed by atoms with Gasteiger partial charge in [-0.1, -0.05) is 19.3 Å². The summed E-state index contributed by atoms with van der Waals surface area (Å²) in [6.07, 6.45) is 5.19. The first-order valence-electron chi connectivity index (χ1n) is 6.20. The average molecular weight is 363 g/mol. The highest BCUT2D eigenvalue weighted by Gasteiger charge is 2.28. The Morgan fingerprint density at radius 3 is 2.58 bits per heavy atom. The van der Waals surface area contributed by atoms with E-state index in [0.29, 0.717) is 0 Å². The largest absolute Gasteiger partial charge is 0.251 e. The lowest BCUT2D eigenvalue weighted by Crippen LogP contribution is -2.39. The second kappa shape index (κ2) is 6.35. The molecule has 1 aromatic rings. The summed E-state index contributed by atoms with van der Waals surface area (Å²) in [6, 6.07) is 4.73. The third-order valence-corrected chi connectivity index (χ3v) is 6.91. The summed E-state index contributed by atoms with van der Waals surface area (Å²) in [7, 11) is -3.58. The Labute approximate surface area is 126 Å². The van der Waals surface area contributed by atoms with E-state index in [1.807, 2.05) is 0 Å². The third-order valence-electron chi connectivity index (χ3n) is 3.36. The van der Waals surface area contributed by atoms with E-state index in [0.717, 1.165) is 40.8 Å². The maximum absolute atomic E-state index is 12.2. The number of hydrogen-bond donors (Lipinski definition) is 1. The summed E-state index contributed by atoms with van der Waals surface area (Å²) in [4.78, 5) is 0. The van der Waals surface area contributed by atoms with Gasteiger partial charge in [-0.2, -0.15) is 9.98 Å². The molecule has 0 aliphatic heterocycles. The molecule has 4 nitrogen and oxygen atoms in total. The van der Waals surface area contributed by atoms with E-state index in [1.54, 1.807) is 12.1 Å². The van der Waals surface area contributed by atoms with Crippen molar-refractivity contribution in [2.24, 2.45) is 5.92 Å². The Hall–Kier alpha value is -0.420. The minimum Gasteiger partial charge on any atom is -0.206 e. The highest BCUT2D eigenvalue weighted by atomic mass is 79.9. The van der Waals surface area contributed by atoms with Crippen molar-refractivity contribution >= 4 is 37.3 Å². The topological polar surface area (TPSA) is 70.0 Å². The van der Waals surface area contributed by atoms with Gasteiger partial charge in [0.15, 0.2) is 0 Å². The van der Waals surface area contributed by atoms with E-state index >= 15 is 0 Å². The summed E-state index contributed by atoms with van der Waals surface area (Å²) in [5.74, 6) is 0.136. The molecule has 1 aliphatic rings. The second-order valence-corrected chi connectivity index (χ2v) is 9.09. The van der Waals surface area contributed by atoms with Gasteiger partial charge in [0.05, 0.1) is 9.86 Å². The Kier molecular flexibility index (Phi) is 5.01. The molecule has 104 valence electrons. The second-order valence-electron chi connectivity index (χ2n) is 4.68. The first-order valence-corrected chi connectivity index (χ1v) is 9.29. The van der Waals surface area contributed by atoms with Crippen molar-refractivity contribution in [2.45, 2.75) is 42.4 Å². The number of rotatable bonds is 4. The standard InChI is InChI=1S/C12H15BrN2O2S2/c13-11-6-7-12(18-11)19(16,17)15-10(8-14)9-4-2-1-3-5-9/h6-7,9-10,15H,1-5H2. The van der Waals surface area contributed by atoms with Gasteiger partial charge in [-0.25, -0.2) is 8.42 Å². The number of thiophene rings is 1. The van der Waals surface area contributed by atoms with Crippen molar-refractivity contribution in [3.8, 4) is 6.07 Å². The zero-order chi connectivity index (χ0) is 13.9. The number of nitrogens with zero attached hydrogens (tertiary/aromatic N) is 1. The van der Waals surface area contributed by atoms with Crippen LogP contribution in [0.1, 0.15) is 32.1 Å². The van der Waals surface area contributed by atoms with E-state index in [9.17, 15) is 13.7 Å². The summed E-state index contributed by atoms with van der Waals surface area (Å²) in [6.45, 7) is 0. The van der Waals surface area contributed by atoms with Crippen molar-refractivity contribution in [1.82, 2.24) is 4.72 Å². The van der Waals surface area contributed by atoms with Crippen molar-refractivity contribution in [2.75, 3.05) is 0 Å². The lowest BCUT2D eigenvalue weighted by molar-refractivity contribution is 0.324. The zero-order valence-electron chi connectivity index (χ0n) is 10.3. The number of halogens is 1. The van der Waals surface area contributed by atoms with Crippen molar-refractivity contribution in [3.63, 3.8) is 0 Å². The van der Waals surface area contributed by atoms with Crippen LogP contribution < -0.4 is 4.72 Å². The molecule has 1 heterocycles. The molecule has 2 rings (SSSR count). The average Bonchev–Trinajstić information content (AvgIpc) is 2.85. The van der Waals surface area contributed by atoms with E-state index in [2.05, 4.69) is 26.7 Å². The molecule has 0 saturated heterocycles. The molecule has 1 aromatic heterocycles. The van der Waals surface area contributed by atoms with E-state index < -0.39 is 16.1 Å². The number of sulfonamides is 1. The van der Waals surface area contributed by atoms with Gasteiger partial charge in [0.2, 0.25) is 0 Å². The van der Waals surface area contributed by atoms with Crippen molar-refractivity contribution in [1.29, 1.82) is 5.26 Å². The molecule has 0 spiro atoms. The first-order chi connectivity index (χ1) is 9.03. The van der Waals surface area contributed by atoms with E-state index in [-0.39, 0.29) is 10.1 Å². The van der Waals surface area contributed by atoms with Gasteiger partial charge in [0.1, 0.15) is 10.3 Å². The van der Waals surface area contributed by atoms with Gasteiger partial charge >= 0.3 is 0 Å². The minimum atomic E-state index is -3.58. The van der Waals surface area contributed by atoms with Crippen molar-refractivity contribution < 1.29 is 8.42 Å². The van der Waals surface area contributed by atoms with Crippen LogP contribution in [0.2, 0.25) is 0 Å². The maximum Gasteiger partial charge on any atom is 0.251 e. The molecule has 1 saturated carbocycles. The lowest BCUT2D eigenvalue weighted by atomic mass is 9.85. The predicted molar refractivity (Wildman–Crippen MR) is 78.3 cm³/mol. The van der Waals surface area contributed by atoms with Gasteiger partial charge in [0, 0.05) is 0 Å². The predicted octanol–water partition coefficient (Wildman–Crippen LogP) is 3.26. The molecule has 1 unspecified atom stereocenters. The Balaban J connectivity index is 2.11. The highest BCUT2D eigenvalue weighted by Crippen LogP contribution is 2.29. The molecule has 0 bridgehead atoms. The molecule has 0 radical (unpaired) electrons. The molecular formula is C12H15BrN2O2S2. The van der Waals surface area contributed by atoms with Crippen LogP contribution in [0.3, 0.4) is 0 Å². The maximum atomic E-state index is 12.2. The van der Waals surface area contributed by atoms with Gasteiger partial charge in [-0.3, -0.25) is 0 Å². The van der Waals surface area contributed by atoms with Crippen LogP contribution in [-0.2, 0) is 10.0 Å². The molecule has 1 fully saturated rings. The normalized spacial score (nSPS) is 18.9. The number of nitrogens with one attached hydrogen (secondary N) is 1. The highest BCUT2D eigenvalue weighted by molar-refractivity contribution is 9.11. The summed E-state index contributed by atoms with van der Waals surface area (Å²) >= 11 is 4.40. The summed E-state index contributed by atoms with van der Waals surface area (Å²) in [5.41, 5.74) is 0. The number of nitriles is 1. The molecule has 0 aromatic carbocycles. The first kappa shape index (κ1) is 15.0. The fraction of sp³-hybridized carbons (Fsp3) is 0.583. The molecule has 0 amide bonds. The van der Waals surface area contributed by atoms with Crippen LogP contribution in [0.5, 0.6) is 0 Å². The van der Waals surface area contributed by atoms with Crippen LogP contribution in [0.15, 0.2) is 20.1 Å². The number of hydrogen-bond acceptors (Lipinski definition) is 4. The zero-order valence-corrected chi connectivity index (χ0v) is 13.5. The molecule has 7 heteroatoms. The Morgan fingerprint density at radius 2 is 2.05 bits per heavy atom. The van der Waals surface area contributed by atoms with Gasteiger partial charge in [-0.05, 0) is 46.8 Å². The quantitative estimate of drug-likeness (QED) is 0.893. The molecule has 19 heavy (non-hydrogen) atoms. The SMILES string of the molecule is N#CC(NS(=O)(=O)c1ccc(Br)s1)C1CCCCC1. The van der Waals surface area contributed by atoms with Crippen LogP contribution in [0.4, 0.5) is 0 Å². The molecule has 1 atom stereocenters. The van der Waals surface area contributed by atoms with Crippen LogP contribution in [-0.4, -0.2) is 14.5 Å². The van der Waals surface area contributed by atoms with E-state index in [4.69, 9.17) is 0 Å². The fourth-order valence-corrected chi connectivity index (χ4v) is 5.60. The minimum absolute atomic E-state index is 0.136. The fourth-order valence-electron chi connectivity index (χ4n) is 2.36. The molecule has 1 aliphatic carbocycles. The van der Waals surface area contributed by atoms with Crippen LogP contribution in [0, 0.1) is 17.2 Å².